The quantitative estimate of drug-likeness (QED) is 0.369. The van der Waals surface area contributed by atoms with Gasteiger partial charge in [-0.15, -0.1) is 0 Å². The first kappa shape index (κ1) is 19.5. The molecule has 0 bridgehead atoms. The van der Waals surface area contributed by atoms with Crippen LogP contribution in [0.25, 0.3) is 10.2 Å². The van der Waals surface area contributed by atoms with Crippen molar-refractivity contribution in [2.45, 2.75) is 6.54 Å². The maximum atomic E-state index is 13.6. The van der Waals surface area contributed by atoms with E-state index in [1.54, 1.807) is 35.4 Å². The molecule has 2 heterocycles. The Balaban J connectivity index is 1.81. The van der Waals surface area contributed by atoms with Crippen molar-refractivity contribution in [1.29, 1.82) is 0 Å². The highest BCUT2D eigenvalue weighted by Gasteiger charge is 2.26. The van der Waals surface area contributed by atoms with Crippen molar-refractivity contribution < 1.29 is 18.7 Å². The predicted molar refractivity (Wildman–Crippen MR) is 116 cm³/mol. The number of furan rings is 1. The number of carbonyl (C=O) groups is 1. The third kappa shape index (κ3) is 3.86. The van der Waals surface area contributed by atoms with Crippen molar-refractivity contribution in [1.82, 2.24) is 4.98 Å². The fourth-order valence-electron chi connectivity index (χ4n) is 2.99. The SMILES string of the molecule is COc1cccc(C(=O)N(Cc2ccco2)c2nc3ccc(Br)cc3s2)c1OC. The Labute approximate surface area is 179 Å². The topological polar surface area (TPSA) is 64.8 Å². The molecule has 4 aromatic rings. The highest BCUT2D eigenvalue weighted by molar-refractivity contribution is 9.10. The van der Waals surface area contributed by atoms with Crippen molar-refractivity contribution in [3.05, 3.63) is 70.6 Å². The van der Waals surface area contributed by atoms with Gasteiger partial charge in [0.15, 0.2) is 16.6 Å². The lowest BCUT2D eigenvalue weighted by molar-refractivity contribution is 0.0979. The molecule has 1 amide bonds. The van der Waals surface area contributed by atoms with Gasteiger partial charge >= 0.3 is 0 Å². The van der Waals surface area contributed by atoms with Crippen molar-refractivity contribution >= 4 is 48.5 Å². The average Bonchev–Trinajstić information content (AvgIpc) is 3.39. The molecule has 8 heteroatoms. The number of hydrogen-bond donors (Lipinski definition) is 0. The molecule has 0 saturated heterocycles. The van der Waals surface area contributed by atoms with Crippen LogP contribution in [0.15, 0.2) is 63.7 Å². The highest BCUT2D eigenvalue weighted by atomic mass is 79.9. The van der Waals surface area contributed by atoms with Crippen LogP contribution in [0.2, 0.25) is 0 Å². The Morgan fingerprint density at radius 3 is 2.76 bits per heavy atom. The summed E-state index contributed by atoms with van der Waals surface area (Å²) in [6.07, 6.45) is 1.58. The van der Waals surface area contributed by atoms with Gasteiger partial charge in [0, 0.05) is 4.47 Å². The molecule has 148 valence electrons. The maximum absolute atomic E-state index is 13.6. The van der Waals surface area contributed by atoms with E-state index in [1.165, 1.54) is 25.6 Å². The molecule has 0 radical (unpaired) electrons. The lowest BCUT2D eigenvalue weighted by Gasteiger charge is -2.20. The molecule has 0 fully saturated rings. The molecule has 0 aliphatic carbocycles. The van der Waals surface area contributed by atoms with Crippen LogP contribution < -0.4 is 14.4 Å². The second kappa shape index (κ2) is 8.26. The van der Waals surface area contributed by atoms with Crippen LogP contribution in [-0.4, -0.2) is 25.1 Å². The second-order valence-corrected chi connectivity index (χ2v) is 8.05. The summed E-state index contributed by atoms with van der Waals surface area (Å²) in [5.41, 5.74) is 1.21. The number of nitrogens with zero attached hydrogens (tertiary/aromatic N) is 2. The molecule has 0 N–H and O–H groups in total. The van der Waals surface area contributed by atoms with Crippen LogP contribution in [0.3, 0.4) is 0 Å². The minimum Gasteiger partial charge on any atom is -0.493 e. The zero-order valence-electron chi connectivity index (χ0n) is 15.7. The summed E-state index contributed by atoms with van der Waals surface area (Å²) in [5.74, 6) is 1.27. The van der Waals surface area contributed by atoms with Crippen LogP contribution >= 0.6 is 27.3 Å². The number of para-hydroxylation sites is 1. The zero-order chi connectivity index (χ0) is 20.4. The number of halogens is 1. The van der Waals surface area contributed by atoms with Crippen LogP contribution in [-0.2, 0) is 6.54 Å². The van der Waals surface area contributed by atoms with Gasteiger partial charge in [-0.2, -0.15) is 0 Å². The Morgan fingerprint density at radius 2 is 2.03 bits per heavy atom. The number of anilines is 1. The number of rotatable bonds is 6. The number of amides is 1. The van der Waals surface area contributed by atoms with E-state index in [1.807, 2.05) is 24.3 Å². The van der Waals surface area contributed by atoms with E-state index < -0.39 is 0 Å². The lowest BCUT2D eigenvalue weighted by atomic mass is 10.1. The molecular weight excluding hydrogens is 456 g/mol. The molecule has 2 aromatic heterocycles. The smallest absolute Gasteiger partial charge is 0.264 e. The van der Waals surface area contributed by atoms with Gasteiger partial charge in [-0.3, -0.25) is 9.69 Å². The molecular formula is C21H17BrN2O4S. The Morgan fingerprint density at radius 1 is 1.17 bits per heavy atom. The summed E-state index contributed by atoms with van der Waals surface area (Å²) in [6, 6.07) is 14.7. The molecule has 0 spiro atoms. The van der Waals surface area contributed by atoms with Gasteiger partial charge in [-0.25, -0.2) is 4.98 Å². The zero-order valence-corrected chi connectivity index (χ0v) is 18.1. The first-order valence-corrected chi connectivity index (χ1v) is 10.3. The summed E-state index contributed by atoms with van der Waals surface area (Å²) >= 11 is 4.92. The van der Waals surface area contributed by atoms with E-state index in [4.69, 9.17) is 13.9 Å². The van der Waals surface area contributed by atoms with Gasteiger partial charge in [0.05, 0.1) is 42.8 Å². The fraction of sp³-hybridized carbons (Fsp3) is 0.143. The highest BCUT2D eigenvalue weighted by Crippen LogP contribution is 2.36. The molecule has 2 aromatic carbocycles. The molecule has 0 aliphatic rings. The maximum Gasteiger partial charge on any atom is 0.264 e. The molecule has 6 nitrogen and oxygen atoms in total. The van der Waals surface area contributed by atoms with E-state index in [2.05, 4.69) is 20.9 Å². The van der Waals surface area contributed by atoms with Crippen molar-refractivity contribution in [3.63, 3.8) is 0 Å². The number of methoxy groups -OCH3 is 2. The molecule has 0 saturated carbocycles. The third-order valence-corrected chi connectivity index (χ3v) is 5.88. The van der Waals surface area contributed by atoms with Crippen molar-refractivity contribution in [3.8, 4) is 11.5 Å². The van der Waals surface area contributed by atoms with Crippen LogP contribution in [0, 0.1) is 0 Å². The summed E-state index contributed by atoms with van der Waals surface area (Å²) in [4.78, 5) is 19.8. The largest absolute Gasteiger partial charge is 0.493 e. The van der Waals surface area contributed by atoms with Gasteiger partial charge in [-0.1, -0.05) is 33.3 Å². The van der Waals surface area contributed by atoms with Crippen LogP contribution in [0.4, 0.5) is 5.13 Å². The Kier molecular flexibility index (Phi) is 5.55. The number of benzene rings is 2. The summed E-state index contributed by atoms with van der Waals surface area (Å²) in [6.45, 7) is 0.243. The second-order valence-electron chi connectivity index (χ2n) is 6.12. The fourth-order valence-corrected chi connectivity index (χ4v) is 4.50. The number of thiazole rings is 1. The van der Waals surface area contributed by atoms with Gasteiger partial charge in [0.2, 0.25) is 0 Å². The van der Waals surface area contributed by atoms with E-state index in [9.17, 15) is 4.79 Å². The van der Waals surface area contributed by atoms with Crippen molar-refractivity contribution in [2.24, 2.45) is 0 Å². The minimum atomic E-state index is -0.254. The predicted octanol–water partition coefficient (Wildman–Crippen LogP) is 5.52. The lowest BCUT2D eigenvalue weighted by Crippen LogP contribution is -2.30. The van der Waals surface area contributed by atoms with E-state index in [0.29, 0.717) is 28.0 Å². The Bertz CT molecular complexity index is 1160. The van der Waals surface area contributed by atoms with E-state index in [-0.39, 0.29) is 12.5 Å². The van der Waals surface area contributed by atoms with Gasteiger partial charge in [0.25, 0.3) is 5.91 Å². The standard InChI is InChI=1S/C21H17BrN2O4S/c1-26-17-7-3-6-15(19(17)27-2)20(25)24(12-14-5-4-10-28-14)21-23-16-9-8-13(22)11-18(16)29-21/h3-11H,12H2,1-2H3. The minimum absolute atomic E-state index is 0.243. The summed E-state index contributed by atoms with van der Waals surface area (Å²) in [5, 5.41) is 0.573. The van der Waals surface area contributed by atoms with E-state index >= 15 is 0 Å². The van der Waals surface area contributed by atoms with Crippen molar-refractivity contribution in [2.75, 3.05) is 19.1 Å². The molecule has 4 rings (SSSR count). The number of hydrogen-bond acceptors (Lipinski definition) is 6. The number of fused-ring (bicyclic) bond motifs is 1. The summed E-state index contributed by atoms with van der Waals surface area (Å²) in [7, 11) is 3.05. The first-order valence-electron chi connectivity index (χ1n) is 8.72. The van der Waals surface area contributed by atoms with E-state index in [0.717, 1.165) is 14.7 Å². The molecule has 29 heavy (non-hydrogen) atoms. The van der Waals surface area contributed by atoms with Gasteiger partial charge in [-0.05, 0) is 42.5 Å². The average molecular weight is 473 g/mol. The molecule has 0 atom stereocenters. The Hall–Kier alpha value is -2.84. The normalized spacial score (nSPS) is 10.9. The van der Waals surface area contributed by atoms with Gasteiger partial charge < -0.3 is 13.9 Å². The third-order valence-electron chi connectivity index (χ3n) is 4.34. The number of carbonyl (C=O) groups excluding carboxylic acids is 1. The molecule has 0 unspecified atom stereocenters. The number of ether oxygens (including phenoxy) is 2. The number of aromatic nitrogens is 1. The molecule has 0 aliphatic heterocycles. The van der Waals surface area contributed by atoms with Gasteiger partial charge in [0.1, 0.15) is 5.76 Å². The summed E-state index contributed by atoms with van der Waals surface area (Å²) < 4.78 is 18.2. The van der Waals surface area contributed by atoms with Crippen LogP contribution in [0.1, 0.15) is 16.1 Å². The van der Waals surface area contributed by atoms with Crippen LogP contribution in [0.5, 0.6) is 11.5 Å². The monoisotopic (exact) mass is 472 g/mol. The first-order chi connectivity index (χ1) is 14.1.